The Labute approximate surface area is 137 Å². The topological polar surface area (TPSA) is 84.2 Å². The summed E-state index contributed by atoms with van der Waals surface area (Å²) < 4.78 is 1.94. The van der Waals surface area contributed by atoms with Gasteiger partial charge in [-0.3, -0.25) is 14.3 Å². The molecule has 0 atom stereocenters. The predicted molar refractivity (Wildman–Crippen MR) is 87.4 cm³/mol. The highest BCUT2D eigenvalue weighted by Crippen LogP contribution is 2.25. The number of carboxylic acids is 1. The number of nitrogens with one attached hydrogen (secondary N) is 1. The fourth-order valence-corrected chi connectivity index (χ4v) is 3.40. The summed E-state index contributed by atoms with van der Waals surface area (Å²) >= 11 is 0. The monoisotopic (exact) mass is 321 g/mol. The second kappa shape index (κ2) is 7.62. The molecule has 2 rings (SSSR count). The van der Waals surface area contributed by atoms with E-state index in [2.05, 4.69) is 24.3 Å². The maximum absolute atomic E-state index is 12.5. The number of carboxylic acid groups (broad SMARTS) is 1. The highest BCUT2D eigenvalue weighted by Gasteiger charge is 2.27. The second-order valence-electron chi connectivity index (χ2n) is 6.42. The highest BCUT2D eigenvalue weighted by atomic mass is 16.4. The summed E-state index contributed by atoms with van der Waals surface area (Å²) in [6.07, 6.45) is 6.33. The predicted octanol–water partition coefficient (Wildman–Crippen LogP) is 2.93. The quantitative estimate of drug-likeness (QED) is 0.843. The third kappa shape index (κ3) is 3.92. The molecule has 6 heteroatoms. The molecule has 0 aromatic carbocycles. The minimum absolute atomic E-state index is 0.0639. The summed E-state index contributed by atoms with van der Waals surface area (Å²) in [5.74, 6) is -1.09. The van der Waals surface area contributed by atoms with Gasteiger partial charge < -0.3 is 10.4 Å². The molecule has 1 aromatic heterocycles. The van der Waals surface area contributed by atoms with E-state index < -0.39 is 5.97 Å². The molecule has 0 radical (unpaired) electrons. The van der Waals surface area contributed by atoms with Gasteiger partial charge in [0, 0.05) is 11.7 Å². The van der Waals surface area contributed by atoms with Gasteiger partial charge in [-0.2, -0.15) is 5.10 Å². The van der Waals surface area contributed by atoms with Gasteiger partial charge in [0.05, 0.1) is 23.7 Å². The Balaban J connectivity index is 1.98. The van der Waals surface area contributed by atoms with Crippen LogP contribution in [0.5, 0.6) is 0 Å². The number of hydrogen-bond acceptors (Lipinski definition) is 3. The molecule has 0 unspecified atom stereocenters. The lowest BCUT2D eigenvalue weighted by Gasteiger charge is -2.26. The van der Waals surface area contributed by atoms with Crippen molar-refractivity contribution in [2.45, 2.75) is 71.4 Å². The van der Waals surface area contributed by atoms with E-state index in [1.165, 1.54) is 0 Å². The molecular weight excluding hydrogens is 294 g/mol. The molecule has 1 heterocycles. The molecule has 1 aromatic rings. The van der Waals surface area contributed by atoms with E-state index in [1.807, 2.05) is 11.6 Å². The fraction of sp³-hybridized carbons (Fsp3) is 0.706. The van der Waals surface area contributed by atoms with Crippen LogP contribution in [0.15, 0.2) is 6.20 Å². The van der Waals surface area contributed by atoms with Crippen molar-refractivity contribution in [2.75, 3.05) is 0 Å². The summed E-state index contributed by atoms with van der Waals surface area (Å²) in [7, 11) is 0. The number of carbonyl (C=O) groups is 2. The average molecular weight is 321 g/mol. The van der Waals surface area contributed by atoms with Gasteiger partial charge in [0.25, 0.3) is 5.91 Å². The molecular formula is C17H27N3O3. The number of amides is 1. The Morgan fingerprint density at radius 3 is 2.43 bits per heavy atom. The summed E-state index contributed by atoms with van der Waals surface area (Å²) in [5.41, 5.74) is 1.52. The Morgan fingerprint density at radius 2 is 1.91 bits per heavy atom. The number of aromatic nitrogens is 2. The third-order valence-corrected chi connectivity index (χ3v) is 4.99. The number of carbonyl (C=O) groups excluding carboxylic acids is 1. The van der Waals surface area contributed by atoms with Crippen LogP contribution in [0.3, 0.4) is 0 Å². The van der Waals surface area contributed by atoms with E-state index in [1.54, 1.807) is 6.20 Å². The summed E-state index contributed by atoms with van der Waals surface area (Å²) in [6.45, 7) is 6.17. The first-order valence-electron chi connectivity index (χ1n) is 8.55. The van der Waals surface area contributed by atoms with Crippen molar-refractivity contribution in [3.63, 3.8) is 0 Å². The maximum atomic E-state index is 12.5. The van der Waals surface area contributed by atoms with Crippen LogP contribution in [0.25, 0.3) is 0 Å². The van der Waals surface area contributed by atoms with Gasteiger partial charge in [-0.25, -0.2) is 0 Å². The lowest BCUT2D eigenvalue weighted by Crippen LogP contribution is -2.38. The molecule has 1 saturated carbocycles. The first-order chi connectivity index (χ1) is 11.0. The van der Waals surface area contributed by atoms with E-state index >= 15 is 0 Å². The van der Waals surface area contributed by atoms with Gasteiger partial charge >= 0.3 is 5.97 Å². The Kier molecular flexibility index (Phi) is 5.80. The third-order valence-electron chi connectivity index (χ3n) is 4.99. The Hall–Kier alpha value is -1.85. The van der Waals surface area contributed by atoms with Crippen molar-refractivity contribution in [1.82, 2.24) is 15.1 Å². The second-order valence-corrected chi connectivity index (χ2v) is 6.42. The number of hydrogen-bond donors (Lipinski definition) is 2. The van der Waals surface area contributed by atoms with Crippen LogP contribution in [-0.4, -0.2) is 32.8 Å². The molecule has 128 valence electrons. The number of rotatable bonds is 6. The largest absolute Gasteiger partial charge is 0.481 e. The Bertz CT molecular complexity index is 555. The van der Waals surface area contributed by atoms with Crippen LogP contribution in [-0.2, 0) is 4.79 Å². The lowest BCUT2D eigenvalue weighted by molar-refractivity contribution is -0.142. The van der Waals surface area contributed by atoms with Crippen LogP contribution >= 0.6 is 0 Å². The molecule has 0 aliphatic heterocycles. The van der Waals surface area contributed by atoms with E-state index in [4.69, 9.17) is 5.11 Å². The normalized spacial score (nSPS) is 21.4. The van der Waals surface area contributed by atoms with Gasteiger partial charge in [0.2, 0.25) is 0 Å². The van der Waals surface area contributed by atoms with Crippen LogP contribution < -0.4 is 5.32 Å². The van der Waals surface area contributed by atoms with Crippen molar-refractivity contribution in [3.05, 3.63) is 17.5 Å². The van der Waals surface area contributed by atoms with Gasteiger partial charge in [0.1, 0.15) is 0 Å². The molecule has 23 heavy (non-hydrogen) atoms. The molecule has 0 saturated heterocycles. The summed E-state index contributed by atoms with van der Waals surface area (Å²) in [5, 5.41) is 16.4. The van der Waals surface area contributed by atoms with E-state index in [9.17, 15) is 9.59 Å². The zero-order valence-corrected chi connectivity index (χ0v) is 14.2. The minimum atomic E-state index is -0.725. The van der Waals surface area contributed by atoms with Crippen molar-refractivity contribution in [3.8, 4) is 0 Å². The first kappa shape index (κ1) is 17.5. The van der Waals surface area contributed by atoms with E-state index in [0.717, 1.165) is 31.4 Å². The molecule has 2 N–H and O–H groups in total. The van der Waals surface area contributed by atoms with Crippen LogP contribution in [0.2, 0.25) is 0 Å². The smallest absolute Gasteiger partial charge is 0.306 e. The molecule has 0 spiro atoms. The SMILES string of the molecule is CCC(CC)n1ncc(C(=O)NC2CCC(C(=O)O)CC2)c1C. The van der Waals surface area contributed by atoms with Crippen molar-refractivity contribution in [1.29, 1.82) is 0 Å². The van der Waals surface area contributed by atoms with Crippen LogP contribution in [0.1, 0.15) is 74.5 Å². The first-order valence-corrected chi connectivity index (χ1v) is 8.55. The van der Waals surface area contributed by atoms with Crippen LogP contribution in [0.4, 0.5) is 0 Å². The zero-order valence-electron chi connectivity index (χ0n) is 14.2. The van der Waals surface area contributed by atoms with Crippen molar-refractivity contribution in [2.24, 2.45) is 5.92 Å². The number of nitrogens with zero attached hydrogens (tertiary/aromatic N) is 2. The minimum Gasteiger partial charge on any atom is -0.481 e. The molecule has 0 bridgehead atoms. The van der Waals surface area contributed by atoms with E-state index in [-0.39, 0.29) is 17.9 Å². The lowest BCUT2D eigenvalue weighted by atomic mass is 9.86. The summed E-state index contributed by atoms with van der Waals surface area (Å²) in [6, 6.07) is 0.386. The molecule has 1 amide bonds. The molecule has 6 nitrogen and oxygen atoms in total. The van der Waals surface area contributed by atoms with Gasteiger partial charge in [-0.05, 0) is 45.4 Å². The van der Waals surface area contributed by atoms with Gasteiger partial charge in [-0.15, -0.1) is 0 Å². The van der Waals surface area contributed by atoms with Gasteiger partial charge in [-0.1, -0.05) is 13.8 Å². The maximum Gasteiger partial charge on any atom is 0.306 e. The van der Waals surface area contributed by atoms with Crippen molar-refractivity contribution < 1.29 is 14.7 Å². The average Bonchev–Trinajstić information content (AvgIpc) is 2.91. The zero-order chi connectivity index (χ0) is 17.0. The molecule has 1 fully saturated rings. The highest BCUT2D eigenvalue weighted by molar-refractivity contribution is 5.95. The van der Waals surface area contributed by atoms with Crippen LogP contribution in [0, 0.1) is 12.8 Å². The molecule has 1 aliphatic carbocycles. The van der Waals surface area contributed by atoms with E-state index in [0.29, 0.717) is 24.4 Å². The van der Waals surface area contributed by atoms with Crippen molar-refractivity contribution >= 4 is 11.9 Å². The molecule has 1 aliphatic rings. The fourth-order valence-electron chi connectivity index (χ4n) is 3.40. The Morgan fingerprint density at radius 1 is 1.30 bits per heavy atom. The summed E-state index contributed by atoms with van der Waals surface area (Å²) in [4.78, 5) is 23.5. The number of aliphatic carboxylic acids is 1. The van der Waals surface area contributed by atoms with Gasteiger partial charge in [0.15, 0.2) is 0 Å². The standard InChI is InChI=1S/C17H27N3O3/c1-4-14(5-2)20-11(3)15(10-18-20)16(21)19-13-8-6-12(7-9-13)17(22)23/h10,12-14H,4-9H2,1-3H3,(H,19,21)(H,22,23).